The van der Waals surface area contributed by atoms with Gasteiger partial charge in [0.15, 0.2) is 4.90 Å². The topological polar surface area (TPSA) is 77.7 Å². The summed E-state index contributed by atoms with van der Waals surface area (Å²) in [6, 6.07) is 15.7. The molecule has 3 heterocycles. The first-order chi connectivity index (χ1) is 19.4. The highest BCUT2D eigenvalue weighted by atomic mass is 32.2. The third-order valence-corrected chi connectivity index (χ3v) is 12.9. The summed E-state index contributed by atoms with van der Waals surface area (Å²) in [4.78, 5) is 4.02. The molecule has 5 rings (SSSR count). The molecule has 3 unspecified atom stereocenters. The number of hydrogen-bond donors (Lipinski definition) is 0. The number of para-hydroxylation sites is 1. The Kier molecular flexibility index (Phi) is 9.46. The zero-order valence-corrected chi connectivity index (χ0v) is 25.6. The summed E-state index contributed by atoms with van der Waals surface area (Å²) in [5, 5.41) is 14.3. The van der Waals surface area contributed by atoms with Crippen molar-refractivity contribution in [3.8, 4) is 0 Å². The van der Waals surface area contributed by atoms with Crippen LogP contribution in [0, 0.1) is 5.92 Å². The van der Waals surface area contributed by atoms with Gasteiger partial charge < -0.3 is 14.6 Å². The van der Waals surface area contributed by atoms with Crippen molar-refractivity contribution in [2.45, 2.75) is 86.2 Å². The summed E-state index contributed by atoms with van der Waals surface area (Å²) in [6.45, 7) is 4.16. The Morgan fingerprint density at radius 3 is 2.58 bits per heavy atom. The summed E-state index contributed by atoms with van der Waals surface area (Å²) in [5.74, 6) is 1.38. The van der Waals surface area contributed by atoms with Crippen molar-refractivity contribution in [3.63, 3.8) is 0 Å². The van der Waals surface area contributed by atoms with E-state index in [0.29, 0.717) is 17.6 Å². The molecule has 2 fully saturated rings. The summed E-state index contributed by atoms with van der Waals surface area (Å²) >= 11 is 0. The maximum Gasteiger partial charge on any atom is 0.281 e. The molecule has 0 radical (unpaired) electrons. The van der Waals surface area contributed by atoms with Crippen LogP contribution in [0.1, 0.15) is 71.1 Å². The number of hydrogen-bond acceptors (Lipinski definition) is 4. The summed E-state index contributed by atoms with van der Waals surface area (Å²) in [6.07, 6.45) is 12.6. The molecule has 3 aromatic rings. The van der Waals surface area contributed by atoms with Gasteiger partial charge in [-0.1, -0.05) is 51.2 Å². The first-order valence-corrected chi connectivity index (χ1v) is 17.9. The Morgan fingerprint density at radius 2 is 1.77 bits per heavy atom. The van der Waals surface area contributed by atoms with Crippen LogP contribution in [0.3, 0.4) is 0 Å². The molecule has 2 saturated heterocycles. The van der Waals surface area contributed by atoms with Crippen molar-refractivity contribution in [3.05, 3.63) is 54.7 Å². The normalized spacial score (nSPS) is 22.0. The fraction of sp³-hybridized carbons (Fsp3) is 0.531. The van der Waals surface area contributed by atoms with Gasteiger partial charge in [0.25, 0.3) is 10.0 Å². The number of rotatable bonds is 12. The number of sulfonamides is 1. The molecule has 3 atom stereocenters. The van der Waals surface area contributed by atoms with E-state index in [1.165, 1.54) is 53.7 Å². The number of unbranched alkanes of at least 4 members (excludes halogenated alkanes) is 5. The van der Waals surface area contributed by atoms with E-state index in [1.54, 1.807) is 12.1 Å². The molecular weight excluding hydrogens is 539 g/mol. The Labute approximate surface area is 242 Å². The number of anilines is 1. The molecule has 6 nitrogen and oxygen atoms in total. The summed E-state index contributed by atoms with van der Waals surface area (Å²) < 4.78 is 31.3. The van der Waals surface area contributed by atoms with E-state index in [1.807, 2.05) is 12.1 Å². The van der Waals surface area contributed by atoms with Crippen molar-refractivity contribution in [1.29, 1.82) is 0 Å². The minimum atomic E-state index is -3.97. The number of nitrogens with zero attached hydrogens (tertiary/aromatic N) is 3. The monoisotopic (exact) mass is 581 g/mol. The minimum absolute atomic E-state index is 0.0941. The number of benzene rings is 2. The molecule has 40 heavy (non-hydrogen) atoms. The highest BCUT2D eigenvalue weighted by molar-refractivity contribution is 7.98. The predicted octanol–water partition coefficient (Wildman–Crippen LogP) is 6.04. The SMILES string of the molecule is CCCCCCCCC([O-])=NS(=O)(=O)c1ccc(N2CCC(C3CCC[S+]3c3cn(C)c4ccccc34)C2)cc1. The summed E-state index contributed by atoms with van der Waals surface area (Å²) in [7, 11) is -1.56. The molecule has 216 valence electrons. The van der Waals surface area contributed by atoms with Crippen LogP contribution in [-0.2, 0) is 28.0 Å². The zero-order valence-electron chi connectivity index (χ0n) is 23.9. The van der Waals surface area contributed by atoms with E-state index in [2.05, 4.69) is 58.3 Å². The molecule has 0 N–H and O–H groups in total. The van der Waals surface area contributed by atoms with Crippen molar-refractivity contribution in [2.75, 3.05) is 23.7 Å². The standard InChI is InChI=1S/C32H43N3O3S2/c1-3-4-5-6-7-8-15-32(36)33-40(37,38)27-18-16-26(17-19-27)35-21-20-25(23-35)30-14-11-22-39(30)31-24-34(2)29-13-10-9-12-28(29)31/h9-10,12-13,16-19,24-25,30H,3-8,11,14-15,20-23H2,1-2H3. The van der Waals surface area contributed by atoms with Gasteiger partial charge in [-0.2, -0.15) is 12.8 Å². The molecule has 0 spiro atoms. The third-order valence-electron chi connectivity index (χ3n) is 8.58. The van der Waals surface area contributed by atoms with Crippen LogP contribution in [0.5, 0.6) is 0 Å². The first kappa shape index (κ1) is 29.1. The Balaban J connectivity index is 1.20. The highest BCUT2D eigenvalue weighted by Crippen LogP contribution is 2.41. The molecule has 8 heteroatoms. The second kappa shape index (κ2) is 13.0. The third kappa shape index (κ3) is 6.54. The van der Waals surface area contributed by atoms with E-state index >= 15 is 0 Å². The number of aromatic nitrogens is 1. The molecule has 0 bridgehead atoms. The largest absolute Gasteiger partial charge is 0.861 e. The number of aryl methyl sites for hydroxylation is 1. The molecule has 2 aromatic carbocycles. The van der Waals surface area contributed by atoms with Crippen LogP contribution in [0.2, 0.25) is 0 Å². The van der Waals surface area contributed by atoms with Crippen LogP contribution in [0.15, 0.2) is 68.9 Å². The van der Waals surface area contributed by atoms with E-state index in [9.17, 15) is 13.5 Å². The predicted molar refractivity (Wildman–Crippen MR) is 166 cm³/mol. The molecule has 2 aliphatic rings. The molecule has 2 aliphatic heterocycles. The van der Waals surface area contributed by atoms with Crippen LogP contribution >= 0.6 is 0 Å². The fourth-order valence-corrected chi connectivity index (χ4v) is 10.6. The van der Waals surface area contributed by atoms with Crippen LogP contribution in [0.25, 0.3) is 10.9 Å². The minimum Gasteiger partial charge on any atom is -0.861 e. The van der Waals surface area contributed by atoms with E-state index < -0.39 is 15.9 Å². The van der Waals surface area contributed by atoms with Crippen molar-refractivity contribution >= 4 is 43.4 Å². The Morgan fingerprint density at radius 1 is 1.02 bits per heavy atom. The maximum atomic E-state index is 12.7. The van der Waals surface area contributed by atoms with Gasteiger partial charge in [0.2, 0.25) is 0 Å². The van der Waals surface area contributed by atoms with Gasteiger partial charge in [0.05, 0.1) is 22.0 Å². The van der Waals surface area contributed by atoms with Gasteiger partial charge in [0, 0.05) is 49.1 Å². The van der Waals surface area contributed by atoms with E-state index in [-0.39, 0.29) is 22.2 Å². The van der Waals surface area contributed by atoms with E-state index in [4.69, 9.17) is 0 Å². The fourth-order valence-electron chi connectivity index (χ4n) is 6.43. The van der Waals surface area contributed by atoms with Gasteiger partial charge in [-0.05, 0) is 68.0 Å². The lowest BCUT2D eigenvalue weighted by Crippen LogP contribution is -2.29. The van der Waals surface area contributed by atoms with Gasteiger partial charge in [0.1, 0.15) is 11.0 Å². The average molecular weight is 582 g/mol. The highest BCUT2D eigenvalue weighted by Gasteiger charge is 2.46. The Hall–Kier alpha value is -2.45. The molecule has 0 saturated carbocycles. The van der Waals surface area contributed by atoms with Crippen LogP contribution in [0.4, 0.5) is 5.69 Å². The van der Waals surface area contributed by atoms with Crippen molar-refractivity contribution < 1.29 is 13.5 Å². The second-order valence-electron chi connectivity index (χ2n) is 11.4. The zero-order chi connectivity index (χ0) is 28.1. The molecule has 1 aromatic heterocycles. The quantitative estimate of drug-likeness (QED) is 0.113. The lowest BCUT2D eigenvalue weighted by molar-refractivity contribution is -0.218. The lowest BCUT2D eigenvalue weighted by atomic mass is 10.0. The van der Waals surface area contributed by atoms with Crippen molar-refractivity contribution in [1.82, 2.24) is 4.57 Å². The Bertz CT molecular complexity index is 1410. The van der Waals surface area contributed by atoms with Gasteiger partial charge in [-0.25, -0.2) is 0 Å². The molecular formula is C32H43N3O3S2. The smallest absolute Gasteiger partial charge is 0.281 e. The summed E-state index contributed by atoms with van der Waals surface area (Å²) in [5.41, 5.74) is 2.36. The number of fused-ring (bicyclic) bond motifs is 1. The second-order valence-corrected chi connectivity index (χ2v) is 15.3. The first-order valence-electron chi connectivity index (χ1n) is 15.0. The molecule has 0 aliphatic carbocycles. The van der Waals surface area contributed by atoms with Crippen LogP contribution < -0.4 is 10.0 Å². The van der Waals surface area contributed by atoms with E-state index in [0.717, 1.165) is 38.0 Å². The van der Waals surface area contributed by atoms with Crippen LogP contribution in [-0.4, -0.2) is 43.0 Å². The average Bonchev–Trinajstić information content (AvgIpc) is 3.69. The van der Waals surface area contributed by atoms with Gasteiger partial charge >= 0.3 is 0 Å². The maximum absolute atomic E-state index is 12.7. The van der Waals surface area contributed by atoms with Gasteiger partial charge in [-0.3, -0.25) is 0 Å². The lowest BCUT2D eigenvalue weighted by Gasteiger charge is -2.21. The van der Waals surface area contributed by atoms with Crippen molar-refractivity contribution in [2.24, 2.45) is 17.4 Å². The molecule has 0 amide bonds. The van der Waals surface area contributed by atoms with Gasteiger partial charge in [-0.15, -0.1) is 0 Å².